The van der Waals surface area contributed by atoms with Gasteiger partial charge in [0.1, 0.15) is 0 Å². The molecule has 3 nitrogen and oxygen atoms in total. The lowest BCUT2D eigenvalue weighted by Gasteiger charge is -2.28. The molecule has 1 fully saturated rings. The molecule has 0 aromatic rings. The molecule has 0 saturated heterocycles. The molecule has 1 saturated carbocycles. The Balaban J connectivity index is 2.12. The molecular formula is C14H28N2O. The van der Waals surface area contributed by atoms with Gasteiger partial charge in [-0.05, 0) is 31.6 Å². The zero-order valence-corrected chi connectivity index (χ0v) is 11.4. The van der Waals surface area contributed by atoms with Crippen molar-refractivity contribution in [3.05, 3.63) is 0 Å². The molecule has 1 rings (SSSR count). The molecule has 0 bridgehead atoms. The van der Waals surface area contributed by atoms with Gasteiger partial charge in [0.25, 0.3) is 0 Å². The maximum absolute atomic E-state index is 11.4. The van der Waals surface area contributed by atoms with E-state index in [0.29, 0.717) is 5.92 Å². The van der Waals surface area contributed by atoms with Gasteiger partial charge in [0.2, 0.25) is 5.91 Å². The topological polar surface area (TPSA) is 55.1 Å². The smallest absolute Gasteiger partial charge is 0.236 e. The molecule has 1 aliphatic rings. The van der Waals surface area contributed by atoms with Crippen LogP contribution in [0, 0.1) is 11.8 Å². The maximum atomic E-state index is 11.4. The van der Waals surface area contributed by atoms with Crippen LogP contribution in [0.4, 0.5) is 0 Å². The van der Waals surface area contributed by atoms with Gasteiger partial charge in [0, 0.05) is 6.54 Å². The molecule has 0 spiro atoms. The lowest BCUT2D eigenvalue weighted by Crippen LogP contribution is -2.41. The quantitative estimate of drug-likeness (QED) is 0.749. The van der Waals surface area contributed by atoms with E-state index in [-0.39, 0.29) is 11.9 Å². The summed E-state index contributed by atoms with van der Waals surface area (Å²) in [5.74, 6) is 1.60. The molecule has 3 N–H and O–H groups in total. The highest BCUT2D eigenvalue weighted by molar-refractivity contribution is 5.80. The minimum absolute atomic E-state index is 0.0156. The summed E-state index contributed by atoms with van der Waals surface area (Å²) in [6.45, 7) is 4.81. The minimum Gasteiger partial charge on any atom is -0.354 e. The summed E-state index contributed by atoms with van der Waals surface area (Å²) in [5, 5.41) is 2.95. The predicted molar refractivity (Wildman–Crippen MR) is 71.6 cm³/mol. The first-order chi connectivity index (χ1) is 8.13. The van der Waals surface area contributed by atoms with Crippen molar-refractivity contribution in [3.8, 4) is 0 Å². The summed E-state index contributed by atoms with van der Waals surface area (Å²) in [6.07, 6.45) is 9.31. The molecule has 0 aromatic carbocycles. The molecule has 0 aliphatic heterocycles. The standard InChI is InChI=1S/C14H28N2O/c1-3-4-5-12-6-8-13(9-7-12)10-16-14(17)11(2)15/h11-13H,3-10,15H2,1-2H3,(H,16,17)/t11-,12?,13?/m0/s1. The van der Waals surface area contributed by atoms with Gasteiger partial charge in [-0.1, -0.05) is 39.0 Å². The van der Waals surface area contributed by atoms with Gasteiger partial charge in [0.05, 0.1) is 6.04 Å². The average molecular weight is 240 g/mol. The van der Waals surface area contributed by atoms with E-state index < -0.39 is 0 Å². The molecular weight excluding hydrogens is 212 g/mol. The molecule has 17 heavy (non-hydrogen) atoms. The van der Waals surface area contributed by atoms with Gasteiger partial charge < -0.3 is 11.1 Å². The molecule has 1 aliphatic carbocycles. The van der Waals surface area contributed by atoms with Crippen molar-refractivity contribution < 1.29 is 4.79 Å². The first-order valence-corrected chi connectivity index (χ1v) is 7.16. The van der Waals surface area contributed by atoms with Gasteiger partial charge >= 0.3 is 0 Å². The van der Waals surface area contributed by atoms with Crippen molar-refractivity contribution >= 4 is 5.91 Å². The van der Waals surface area contributed by atoms with E-state index in [1.54, 1.807) is 6.92 Å². The number of carbonyl (C=O) groups is 1. The van der Waals surface area contributed by atoms with Crippen LogP contribution in [0.2, 0.25) is 0 Å². The summed E-state index contributed by atoms with van der Waals surface area (Å²) < 4.78 is 0. The summed E-state index contributed by atoms with van der Waals surface area (Å²) in [5.41, 5.74) is 5.52. The minimum atomic E-state index is -0.379. The number of amides is 1. The molecule has 100 valence electrons. The number of unbranched alkanes of at least 4 members (excludes halogenated alkanes) is 1. The lowest BCUT2D eigenvalue weighted by molar-refractivity contribution is -0.122. The predicted octanol–water partition coefficient (Wildman–Crippen LogP) is 2.45. The molecule has 3 heteroatoms. The van der Waals surface area contributed by atoms with E-state index in [9.17, 15) is 4.79 Å². The lowest BCUT2D eigenvalue weighted by atomic mass is 9.80. The largest absolute Gasteiger partial charge is 0.354 e. The van der Waals surface area contributed by atoms with Gasteiger partial charge in [-0.3, -0.25) is 4.79 Å². The Labute approximate surface area is 106 Å². The van der Waals surface area contributed by atoms with Crippen LogP contribution >= 0.6 is 0 Å². The summed E-state index contributed by atoms with van der Waals surface area (Å²) in [7, 11) is 0. The molecule has 0 radical (unpaired) electrons. The van der Waals surface area contributed by atoms with Crippen molar-refractivity contribution in [2.24, 2.45) is 17.6 Å². The Morgan fingerprint density at radius 2 is 1.88 bits per heavy atom. The highest BCUT2D eigenvalue weighted by Gasteiger charge is 2.21. The van der Waals surface area contributed by atoms with Crippen LogP contribution in [0.25, 0.3) is 0 Å². The van der Waals surface area contributed by atoms with Crippen molar-refractivity contribution in [2.75, 3.05) is 6.54 Å². The Morgan fingerprint density at radius 1 is 1.29 bits per heavy atom. The number of hydrogen-bond donors (Lipinski definition) is 2. The van der Waals surface area contributed by atoms with Gasteiger partial charge in [0.15, 0.2) is 0 Å². The van der Waals surface area contributed by atoms with E-state index in [2.05, 4.69) is 12.2 Å². The van der Waals surface area contributed by atoms with Crippen LogP contribution in [0.3, 0.4) is 0 Å². The number of carbonyl (C=O) groups excluding carboxylic acids is 1. The van der Waals surface area contributed by atoms with Crippen LogP contribution < -0.4 is 11.1 Å². The first-order valence-electron chi connectivity index (χ1n) is 7.16. The second-order valence-corrected chi connectivity index (χ2v) is 5.56. The van der Waals surface area contributed by atoms with Gasteiger partial charge in [-0.2, -0.15) is 0 Å². The molecule has 1 amide bonds. The second-order valence-electron chi connectivity index (χ2n) is 5.56. The number of nitrogens with two attached hydrogens (primary N) is 1. The van der Waals surface area contributed by atoms with Gasteiger partial charge in [-0.15, -0.1) is 0 Å². The number of rotatable bonds is 6. The Kier molecular flexibility index (Phi) is 6.56. The molecule has 0 heterocycles. The normalized spacial score (nSPS) is 26.5. The Morgan fingerprint density at radius 3 is 2.41 bits per heavy atom. The molecule has 0 aromatic heterocycles. The summed E-state index contributed by atoms with van der Waals surface area (Å²) in [4.78, 5) is 11.4. The van der Waals surface area contributed by atoms with E-state index in [0.717, 1.165) is 12.5 Å². The second kappa shape index (κ2) is 7.70. The van der Waals surface area contributed by atoms with E-state index in [1.807, 2.05) is 0 Å². The van der Waals surface area contributed by atoms with Crippen LogP contribution in [0.1, 0.15) is 58.8 Å². The molecule has 0 unspecified atom stereocenters. The Bertz CT molecular complexity index is 220. The van der Waals surface area contributed by atoms with Crippen molar-refractivity contribution in [1.29, 1.82) is 0 Å². The SMILES string of the molecule is CCCCC1CCC(CNC(=O)[C@H](C)N)CC1. The highest BCUT2D eigenvalue weighted by Crippen LogP contribution is 2.31. The zero-order valence-electron chi connectivity index (χ0n) is 11.4. The summed E-state index contributed by atoms with van der Waals surface area (Å²) >= 11 is 0. The number of nitrogens with one attached hydrogen (secondary N) is 1. The van der Waals surface area contributed by atoms with E-state index in [4.69, 9.17) is 5.73 Å². The van der Waals surface area contributed by atoms with Crippen LogP contribution in [0.5, 0.6) is 0 Å². The van der Waals surface area contributed by atoms with Crippen LogP contribution in [-0.4, -0.2) is 18.5 Å². The first kappa shape index (κ1) is 14.5. The molecule has 1 atom stereocenters. The average Bonchev–Trinajstić information content (AvgIpc) is 2.34. The van der Waals surface area contributed by atoms with E-state index in [1.165, 1.54) is 44.9 Å². The fourth-order valence-electron chi connectivity index (χ4n) is 2.62. The van der Waals surface area contributed by atoms with Crippen LogP contribution in [0.15, 0.2) is 0 Å². The third-order valence-electron chi connectivity index (χ3n) is 3.91. The van der Waals surface area contributed by atoms with Crippen molar-refractivity contribution in [1.82, 2.24) is 5.32 Å². The maximum Gasteiger partial charge on any atom is 0.236 e. The monoisotopic (exact) mass is 240 g/mol. The zero-order chi connectivity index (χ0) is 12.7. The highest BCUT2D eigenvalue weighted by atomic mass is 16.2. The van der Waals surface area contributed by atoms with E-state index >= 15 is 0 Å². The third-order valence-corrected chi connectivity index (χ3v) is 3.91. The fourth-order valence-corrected chi connectivity index (χ4v) is 2.62. The summed E-state index contributed by atoms with van der Waals surface area (Å²) in [6, 6.07) is -0.379. The Hall–Kier alpha value is -0.570. The van der Waals surface area contributed by atoms with Crippen LogP contribution in [-0.2, 0) is 4.79 Å². The number of hydrogen-bond acceptors (Lipinski definition) is 2. The van der Waals surface area contributed by atoms with Crippen molar-refractivity contribution in [2.45, 2.75) is 64.8 Å². The van der Waals surface area contributed by atoms with Crippen molar-refractivity contribution in [3.63, 3.8) is 0 Å². The van der Waals surface area contributed by atoms with Gasteiger partial charge in [-0.25, -0.2) is 0 Å². The fraction of sp³-hybridized carbons (Fsp3) is 0.929. The third kappa shape index (κ3) is 5.53.